The molecule has 0 heterocycles. The second kappa shape index (κ2) is 10.0. The van der Waals surface area contributed by atoms with Gasteiger partial charge in [0.15, 0.2) is 0 Å². The molecule has 0 aromatic heterocycles. The molecule has 1 amide bonds. The fourth-order valence-corrected chi connectivity index (χ4v) is 2.41. The Kier molecular flexibility index (Phi) is 8.33. The molecule has 5 nitrogen and oxygen atoms in total. The molecule has 0 aliphatic rings. The Morgan fingerprint density at radius 3 is 2.39 bits per heavy atom. The molecule has 0 saturated heterocycles. The summed E-state index contributed by atoms with van der Waals surface area (Å²) in [6, 6.07) is 9.30. The molecule has 1 rings (SSSR count). The van der Waals surface area contributed by atoms with Crippen LogP contribution in [0.25, 0.3) is 0 Å². The van der Waals surface area contributed by atoms with Crippen LogP contribution >= 0.6 is 0 Å². The predicted octanol–water partition coefficient (Wildman–Crippen LogP) is 2.51. The Bertz CT molecular complexity index is 488. The monoisotopic (exact) mass is 320 g/mol. The molecule has 0 bridgehead atoms. The molecule has 1 atom stereocenters. The van der Waals surface area contributed by atoms with Crippen molar-refractivity contribution in [2.45, 2.75) is 46.2 Å². The molecule has 1 aromatic carbocycles. The Balaban J connectivity index is 2.44. The first-order valence-electron chi connectivity index (χ1n) is 8.20. The maximum atomic E-state index is 12.0. The Hall–Kier alpha value is -1.88. The highest BCUT2D eigenvalue weighted by Gasteiger charge is 2.21. The van der Waals surface area contributed by atoms with E-state index >= 15 is 0 Å². The lowest BCUT2D eigenvalue weighted by atomic mass is 10.0. The highest BCUT2D eigenvalue weighted by molar-refractivity contribution is 5.83. The van der Waals surface area contributed by atoms with E-state index in [0.29, 0.717) is 19.4 Å². The van der Waals surface area contributed by atoms with Gasteiger partial charge >= 0.3 is 5.97 Å². The molecule has 2 N–H and O–H groups in total. The van der Waals surface area contributed by atoms with Crippen molar-refractivity contribution in [3.63, 3.8) is 0 Å². The van der Waals surface area contributed by atoms with Gasteiger partial charge in [-0.1, -0.05) is 51.1 Å². The molecular weight excluding hydrogens is 292 g/mol. The molecule has 128 valence electrons. The lowest BCUT2D eigenvalue weighted by molar-refractivity contribution is -0.142. The number of rotatable bonds is 10. The second-order valence-electron chi connectivity index (χ2n) is 6.19. The van der Waals surface area contributed by atoms with Crippen molar-refractivity contribution in [3.05, 3.63) is 35.9 Å². The Labute approximate surface area is 138 Å². The van der Waals surface area contributed by atoms with Gasteiger partial charge in [-0.3, -0.25) is 9.69 Å². The van der Waals surface area contributed by atoms with Crippen LogP contribution in [0.4, 0.5) is 0 Å². The van der Waals surface area contributed by atoms with Crippen LogP contribution in [0.2, 0.25) is 0 Å². The van der Waals surface area contributed by atoms with Crippen LogP contribution in [0.1, 0.15) is 39.2 Å². The number of aliphatic carboxylic acids is 1. The van der Waals surface area contributed by atoms with E-state index < -0.39 is 12.0 Å². The topological polar surface area (TPSA) is 69.6 Å². The third kappa shape index (κ3) is 7.79. The van der Waals surface area contributed by atoms with E-state index in [4.69, 9.17) is 5.11 Å². The molecular formula is C18H28N2O3. The number of benzene rings is 1. The van der Waals surface area contributed by atoms with Gasteiger partial charge in [0, 0.05) is 19.5 Å². The van der Waals surface area contributed by atoms with Crippen LogP contribution in [0.3, 0.4) is 0 Å². The molecule has 1 unspecified atom stereocenters. The third-order valence-electron chi connectivity index (χ3n) is 3.69. The van der Waals surface area contributed by atoms with Crippen LogP contribution in [-0.2, 0) is 16.1 Å². The number of carbonyl (C=O) groups excluding carboxylic acids is 1. The van der Waals surface area contributed by atoms with Crippen LogP contribution in [0, 0.1) is 5.92 Å². The molecule has 0 spiro atoms. The average molecular weight is 320 g/mol. The number of carboxylic acids is 1. The average Bonchev–Trinajstić information content (AvgIpc) is 2.51. The highest BCUT2D eigenvalue weighted by atomic mass is 16.4. The maximum absolute atomic E-state index is 12.0. The zero-order valence-corrected chi connectivity index (χ0v) is 14.3. The quantitative estimate of drug-likeness (QED) is 0.695. The molecule has 0 fully saturated rings. The number of nitrogens with one attached hydrogen (secondary N) is 1. The van der Waals surface area contributed by atoms with Gasteiger partial charge in [0.05, 0.1) is 0 Å². The van der Waals surface area contributed by atoms with Gasteiger partial charge in [0.2, 0.25) is 5.91 Å². The van der Waals surface area contributed by atoms with E-state index in [-0.39, 0.29) is 11.8 Å². The molecule has 0 radical (unpaired) electrons. The zero-order valence-electron chi connectivity index (χ0n) is 14.3. The van der Waals surface area contributed by atoms with Crippen molar-refractivity contribution in [1.82, 2.24) is 10.2 Å². The first-order valence-corrected chi connectivity index (χ1v) is 8.20. The zero-order chi connectivity index (χ0) is 17.2. The van der Waals surface area contributed by atoms with Gasteiger partial charge < -0.3 is 10.4 Å². The first-order chi connectivity index (χ1) is 10.9. The van der Waals surface area contributed by atoms with Gasteiger partial charge in [0.1, 0.15) is 6.04 Å². The normalized spacial score (nSPS) is 12.4. The van der Waals surface area contributed by atoms with Crippen molar-refractivity contribution in [2.24, 2.45) is 5.92 Å². The van der Waals surface area contributed by atoms with Crippen molar-refractivity contribution < 1.29 is 14.7 Å². The van der Waals surface area contributed by atoms with Crippen LogP contribution in [0.5, 0.6) is 0 Å². The molecule has 5 heteroatoms. The number of carbonyl (C=O) groups is 2. The van der Waals surface area contributed by atoms with Crippen LogP contribution in [0.15, 0.2) is 30.3 Å². The summed E-state index contributed by atoms with van der Waals surface area (Å²) in [6.45, 7) is 8.20. The SMILES string of the molecule is CCN(CCC(=O)NC(CC(C)C)C(=O)O)Cc1ccccc1. The van der Waals surface area contributed by atoms with E-state index in [1.807, 2.05) is 32.0 Å². The number of carboxylic acid groups (broad SMARTS) is 1. The van der Waals surface area contributed by atoms with E-state index in [0.717, 1.165) is 13.1 Å². The number of amides is 1. The second-order valence-corrected chi connectivity index (χ2v) is 6.19. The fourth-order valence-electron chi connectivity index (χ4n) is 2.41. The van der Waals surface area contributed by atoms with Crippen molar-refractivity contribution in [2.75, 3.05) is 13.1 Å². The molecule has 1 aromatic rings. The third-order valence-corrected chi connectivity index (χ3v) is 3.69. The van der Waals surface area contributed by atoms with Gasteiger partial charge in [-0.05, 0) is 24.4 Å². The Morgan fingerprint density at radius 2 is 1.87 bits per heavy atom. The summed E-state index contributed by atoms with van der Waals surface area (Å²) in [4.78, 5) is 25.4. The van der Waals surface area contributed by atoms with E-state index in [9.17, 15) is 9.59 Å². The van der Waals surface area contributed by atoms with Crippen molar-refractivity contribution >= 4 is 11.9 Å². The van der Waals surface area contributed by atoms with Gasteiger partial charge in [-0.25, -0.2) is 4.79 Å². The number of hydrogen-bond acceptors (Lipinski definition) is 3. The van der Waals surface area contributed by atoms with Crippen LogP contribution < -0.4 is 5.32 Å². The standard InChI is InChI=1S/C18H28N2O3/c1-4-20(13-15-8-6-5-7-9-15)11-10-17(21)19-16(18(22)23)12-14(2)3/h5-9,14,16H,4,10-13H2,1-3H3,(H,19,21)(H,22,23). The molecule has 0 aliphatic carbocycles. The minimum absolute atomic E-state index is 0.204. The largest absolute Gasteiger partial charge is 0.480 e. The summed E-state index contributed by atoms with van der Waals surface area (Å²) in [5.41, 5.74) is 1.21. The summed E-state index contributed by atoms with van der Waals surface area (Å²) >= 11 is 0. The predicted molar refractivity (Wildman–Crippen MR) is 91.0 cm³/mol. The van der Waals surface area contributed by atoms with Gasteiger partial charge in [-0.2, -0.15) is 0 Å². The summed E-state index contributed by atoms with van der Waals surface area (Å²) in [6.07, 6.45) is 0.755. The van der Waals surface area contributed by atoms with E-state index in [1.165, 1.54) is 5.56 Å². The smallest absolute Gasteiger partial charge is 0.326 e. The van der Waals surface area contributed by atoms with Gasteiger partial charge in [-0.15, -0.1) is 0 Å². The van der Waals surface area contributed by atoms with E-state index in [1.54, 1.807) is 0 Å². The summed E-state index contributed by atoms with van der Waals surface area (Å²) in [7, 11) is 0. The highest BCUT2D eigenvalue weighted by Crippen LogP contribution is 2.07. The lowest BCUT2D eigenvalue weighted by Gasteiger charge is -2.21. The van der Waals surface area contributed by atoms with Crippen molar-refractivity contribution in [3.8, 4) is 0 Å². The maximum Gasteiger partial charge on any atom is 0.326 e. The molecule has 0 saturated carbocycles. The molecule has 0 aliphatic heterocycles. The minimum atomic E-state index is -0.969. The summed E-state index contributed by atoms with van der Waals surface area (Å²) < 4.78 is 0. The minimum Gasteiger partial charge on any atom is -0.480 e. The van der Waals surface area contributed by atoms with E-state index in [2.05, 4.69) is 29.3 Å². The molecule has 23 heavy (non-hydrogen) atoms. The van der Waals surface area contributed by atoms with Crippen molar-refractivity contribution in [1.29, 1.82) is 0 Å². The fraction of sp³-hybridized carbons (Fsp3) is 0.556. The lowest BCUT2D eigenvalue weighted by Crippen LogP contribution is -2.42. The Morgan fingerprint density at radius 1 is 1.22 bits per heavy atom. The first kappa shape index (κ1) is 19.2. The van der Waals surface area contributed by atoms with Gasteiger partial charge in [0.25, 0.3) is 0 Å². The number of hydrogen-bond donors (Lipinski definition) is 2. The summed E-state index contributed by atoms with van der Waals surface area (Å²) in [5.74, 6) is -0.949. The summed E-state index contributed by atoms with van der Waals surface area (Å²) in [5, 5.41) is 11.8. The number of nitrogens with zero attached hydrogens (tertiary/aromatic N) is 1. The van der Waals surface area contributed by atoms with Crippen LogP contribution in [-0.4, -0.2) is 41.0 Å².